The van der Waals surface area contributed by atoms with E-state index in [9.17, 15) is 10.2 Å². The number of hydrogen-bond donors (Lipinski definition) is 2. The first-order chi connectivity index (χ1) is 30.0. The maximum atomic E-state index is 10.8. The van der Waals surface area contributed by atoms with Crippen LogP contribution in [0.5, 0.6) is 23.0 Å². The minimum atomic E-state index is 0.0356. The molecule has 1 atom stereocenters. The van der Waals surface area contributed by atoms with Crippen molar-refractivity contribution in [3.63, 3.8) is 0 Å². The molecule has 0 aliphatic heterocycles. The van der Waals surface area contributed by atoms with Crippen molar-refractivity contribution < 1.29 is 19.7 Å². The third kappa shape index (κ3) is 26.5. The molecule has 0 unspecified atom stereocenters. The first-order valence-corrected chi connectivity index (χ1v) is 24.5. The minimum absolute atomic E-state index is 0.0356. The van der Waals surface area contributed by atoms with Crippen LogP contribution in [0.3, 0.4) is 0 Å². The highest BCUT2D eigenvalue weighted by Gasteiger charge is 2.23. The molecule has 4 heteroatoms. The predicted octanol–water partition coefficient (Wildman–Crippen LogP) is 18.6. The molecule has 0 fully saturated rings. The number of allylic oxidation sites excluding steroid dienone is 18. The van der Waals surface area contributed by atoms with E-state index in [-0.39, 0.29) is 23.0 Å². The quantitative estimate of drug-likeness (QED) is 0.0559. The Labute approximate surface area is 388 Å². The van der Waals surface area contributed by atoms with E-state index in [4.69, 9.17) is 9.47 Å². The van der Waals surface area contributed by atoms with Crippen LogP contribution < -0.4 is 9.47 Å². The molecule has 0 saturated heterocycles. The van der Waals surface area contributed by atoms with Crippen LogP contribution in [-0.4, -0.2) is 24.4 Å². The van der Waals surface area contributed by atoms with Gasteiger partial charge in [0, 0.05) is 11.1 Å². The molecule has 4 nitrogen and oxygen atoms in total. The molecule has 0 bridgehead atoms. The third-order valence-corrected chi connectivity index (χ3v) is 12.5. The van der Waals surface area contributed by atoms with Gasteiger partial charge in [-0.3, -0.25) is 0 Å². The van der Waals surface area contributed by atoms with E-state index in [1.807, 2.05) is 6.92 Å². The standard InChI is InChI=1S/C59H94O4/c1-44(2)24-15-25-45(3)26-16-27-46(4)28-17-29-47(5)30-18-31-48(6)32-19-33-49(7)34-20-35-50(8)36-21-37-51(9)38-22-39-52(10)40-23-41-53(11)42-43-55-54(12)56(60)58(62-13)59(63-14)57(55)61/h24,26,28,30,32,34,36,38,40,53,60-61H,15-23,25,27,29,31,33,35,37,39,41-43H2,1-14H3/b45-26+,46-28-,47-30+,48-32+,49-34-,50-36+,51-38?,52-40+/t53-/m0/s1. The summed E-state index contributed by atoms with van der Waals surface area (Å²) in [4.78, 5) is 0. The highest BCUT2D eigenvalue weighted by molar-refractivity contribution is 5.65. The van der Waals surface area contributed by atoms with Crippen molar-refractivity contribution in [2.75, 3.05) is 14.2 Å². The highest BCUT2D eigenvalue weighted by atomic mass is 16.5. The average Bonchev–Trinajstić information content (AvgIpc) is 3.21. The van der Waals surface area contributed by atoms with E-state index in [0.29, 0.717) is 17.9 Å². The van der Waals surface area contributed by atoms with Crippen molar-refractivity contribution >= 4 is 0 Å². The topological polar surface area (TPSA) is 58.9 Å². The number of benzene rings is 1. The molecule has 2 N–H and O–H groups in total. The van der Waals surface area contributed by atoms with Crippen LogP contribution in [-0.2, 0) is 6.42 Å². The molecule has 1 aromatic rings. The summed E-state index contributed by atoms with van der Waals surface area (Å²) in [5, 5.41) is 21.3. The summed E-state index contributed by atoms with van der Waals surface area (Å²) in [6.45, 7) is 26.7. The van der Waals surface area contributed by atoms with Gasteiger partial charge in [-0.25, -0.2) is 0 Å². The van der Waals surface area contributed by atoms with E-state index in [1.165, 1.54) is 83.6 Å². The van der Waals surface area contributed by atoms with E-state index in [1.54, 1.807) is 0 Å². The molecule has 354 valence electrons. The van der Waals surface area contributed by atoms with Gasteiger partial charge < -0.3 is 19.7 Å². The smallest absolute Gasteiger partial charge is 0.207 e. The fourth-order valence-corrected chi connectivity index (χ4v) is 7.91. The molecule has 0 heterocycles. The SMILES string of the molecule is COc1c(O)c(C)c(CC[C@@H](C)CC/C=C(\C)CCC=C(C)CC/C=C(\C)CC/C=C(/C)CC/C=C(\C)CC/C=C(\C)CC/C=C(/C)CC/C=C(\C)CCC=C(C)C)c(O)c1OC. The number of phenols is 2. The van der Waals surface area contributed by atoms with E-state index >= 15 is 0 Å². The molecule has 0 aromatic heterocycles. The molecule has 0 amide bonds. The molecule has 63 heavy (non-hydrogen) atoms. The number of methoxy groups -OCH3 is 2. The van der Waals surface area contributed by atoms with E-state index < -0.39 is 0 Å². The van der Waals surface area contributed by atoms with Crippen LogP contribution in [0.2, 0.25) is 0 Å². The van der Waals surface area contributed by atoms with Gasteiger partial charge in [-0.05, 0) is 210 Å². The number of ether oxygens (including phenoxy) is 2. The van der Waals surface area contributed by atoms with Gasteiger partial charge in [0.1, 0.15) is 0 Å². The van der Waals surface area contributed by atoms with Gasteiger partial charge in [0.25, 0.3) is 0 Å². The number of rotatable bonds is 32. The Bertz CT molecular complexity index is 1780. The lowest BCUT2D eigenvalue weighted by molar-refractivity contribution is 0.313. The maximum Gasteiger partial charge on any atom is 0.207 e. The monoisotopic (exact) mass is 867 g/mol. The Morgan fingerprint density at radius 3 is 0.968 bits per heavy atom. The summed E-state index contributed by atoms with van der Waals surface area (Å²) >= 11 is 0. The van der Waals surface area contributed by atoms with Crippen LogP contribution in [0.25, 0.3) is 0 Å². The second-order valence-electron chi connectivity index (χ2n) is 19.1. The second kappa shape index (κ2) is 33.6. The van der Waals surface area contributed by atoms with Gasteiger partial charge in [0.15, 0.2) is 11.5 Å². The largest absolute Gasteiger partial charge is 0.504 e. The summed E-state index contributed by atoms with van der Waals surface area (Å²) < 4.78 is 10.6. The van der Waals surface area contributed by atoms with Crippen molar-refractivity contribution in [1.29, 1.82) is 0 Å². The van der Waals surface area contributed by atoms with Crippen LogP contribution in [0.4, 0.5) is 0 Å². The van der Waals surface area contributed by atoms with Crippen molar-refractivity contribution in [3.8, 4) is 23.0 Å². The minimum Gasteiger partial charge on any atom is -0.504 e. The molecule has 1 aromatic carbocycles. The number of phenolic OH excluding ortho intramolecular Hbond substituents is 2. The van der Waals surface area contributed by atoms with Crippen molar-refractivity contribution in [1.82, 2.24) is 0 Å². The van der Waals surface area contributed by atoms with E-state index in [0.717, 1.165) is 108 Å². The summed E-state index contributed by atoms with van der Waals surface area (Å²) in [5.74, 6) is 0.975. The molecule has 0 radical (unpaired) electrons. The summed E-state index contributed by atoms with van der Waals surface area (Å²) in [6.07, 6.45) is 43.9. The normalized spacial score (nSPS) is 14.4. The zero-order valence-electron chi connectivity index (χ0n) is 43.1. The predicted molar refractivity (Wildman–Crippen MR) is 278 cm³/mol. The third-order valence-electron chi connectivity index (χ3n) is 12.5. The van der Waals surface area contributed by atoms with Gasteiger partial charge in [-0.2, -0.15) is 0 Å². The van der Waals surface area contributed by atoms with Crippen LogP contribution >= 0.6 is 0 Å². The molecular weight excluding hydrogens is 773 g/mol. The highest BCUT2D eigenvalue weighted by Crippen LogP contribution is 2.48. The van der Waals surface area contributed by atoms with Crippen LogP contribution in [0.15, 0.2) is 105 Å². The van der Waals surface area contributed by atoms with Gasteiger partial charge >= 0.3 is 0 Å². The molecular formula is C59H94O4. The van der Waals surface area contributed by atoms with Crippen molar-refractivity contribution in [2.24, 2.45) is 5.92 Å². The van der Waals surface area contributed by atoms with Gasteiger partial charge in [-0.1, -0.05) is 112 Å². The Kier molecular flexibility index (Phi) is 30.4. The van der Waals surface area contributed by atoms with Gasteiger partial charge in [-0.15, -0.1) is 0 Å². The second-order valence-corrected chi connectivity index (χ2v) is 19.1. The number of hydrogen-bond acceptors (Lipinski definition) is 4. The summed E-state index contributed by atoms with van der Waals surface area (Å²) in [5.41, 5.74) is 14.8. The first kappa shape index (κ1) is 57.1. The molecule has 0 spiro atoms. The first-order valence-electron chi connectivity index (χ1n) is 24.5. The zero-order chi connectivity index (χ0) is 47.2. The van der Waals surface area contributed by atoms with Crippen LogP contribution in [0, 0.1) is 12.8 Å². The number of aromatic hydroxyl groups is 2. The lowest BCUT2D eigenvalue weighted by atomic mass is 9.93. The molecule has 0 saturated carbocycles. The fraction of sp³-hybridized carbons (Fsp3) is 0.593. The van der Waals surface area contributed by atoms with E-state index in [2.05, 4.69) is 131 Å². The maximum absolute atomic E-state index is 10.8. The molecule has 1 rings (SSSR count). The Morgan fingerprint density at radius 2 is 0.683 bits per heavy atom. The Balaban J connectivity index is 2.29. The molecule has 0 aliphatic rings. The lowest BCUT2D eigenvalue weighted by Gasteiger charge is -2.19. The summed E-state index contributed by atoms with van der Waals surface area (Å²) in [6, 6.07) is 0. The van der Waals surface area contributed by atoms with Crippen LogP contribution in [0.1, 0.15) is 209 Å². The Hall–Kier alpha value is -3.92. The zero-order valence-corrected chi connectivity index (χ0v) is 43.1. The fourth-order valence-electron chi connectivity index (χ4n) is 7.91. The van der Waals surface area contributed by atoms with Gasteiger partial charge in [0.05, 0.1) is 14.2 Å². The van der Waals surface area contributed by atoms with Crippen molar-refractivity contribution in [3.05, 3.63) is 116 Å². The average molecular weight is 867 g/mol. The summed E-state index contributed by atoms with van der Waals surface area (Å²) in [7, 11) is 2.94. The van der Waals surface area contributed by atoms with Crippen molar-refractivity contribution in [2.45, 2.75) is 212 Å². The molecule has 0 aliphatic carbocycles. The lowest BCUT2D eigenvalue weighted by Crippen LogP contribution is -2.02. The van der Waals surface area contributed by atoms with Gasteiger partial charge in [0.2, 0.25) is 11.5 Å². The Morgan fingerprint density at radius 1 is 0.413 bits per heavy atom.